The van der Waals surface area contributed by atoms with Crippen molar-refractivity contribution in [1.29, 1.82) is 5.41 Å². The second-order valence-corrected chi connectivity index (χ2v) is 7.54. The van der Waals surface area contributed by atoms with Gasteiger partial charge in [0.05, 0.1) is 11.8 Å². The molecule has 0 saturated carbocycles. The fourth-order valence-corrected chi connectivity index (χ4v) is 3.29. The number of hydrogen-bond acceptors (Lipinski definition) is 6. The Balaban J connectivity index is 1.75. The van der Waals surface area contributed by atoms with Gasteiger partial charge in [0.2, 0.25) is 5.91 Å². The van der Waals surface area contributed by atoms with Crippen molar-refractivity contribution in [2.45, 2.75) is 6.42 Å². The van der Waals surface area contributed by atoms with Crippen LogP contribution in [0.25, 0.3) is 10.8 Å². The quantitative estimate of drug-likeness (QED) is 0.298. The molecule has 3 rings (SSSR count). The summed E-state index contributed by atoms with van der Waals surface area (Å²) in [4.78, 5) is 24.6. The number of carbonyl (C=O) groups is 1. The number of anilines is 1. The van der Waals surface area contributed by atoms with Crippen LogP contribution in [0.15, 0.2) is 57.7 Å². The zero-order valence-corrected chi connectivity index (χ0v) is 16.8. The van der Waals surface area contributed by atoms with Crippen LogP contribution in [-0.2, 0) is 11.2 Å². The van der Waals surface area contributed by atoms with Crippen LogP contribution in [0.3, 0.4) is 0 Å². The van der Waals surface area contributed by atoms with Crippen LogP contribution in [0, 0.1) is 5.41 Å². The van der Waals surface area contributed by atoms with E-state index in [0.717, 1.165) is 17.3 Å². The van der Waals surface area contributed by atoms with E-state index in [2.05, 4.69) is 5.32 Å². The first-order valence-electron chi connectivity index (χ1n) is 8.64. The molecule has 0 fully saturated rings. The molecule has 0 radical (unpaired) electrons. The summed E-state index contributed by atoms with van der Waals surface area (Å²) in [7, 11) is 0. The van der Waals surface area contributed by atoms with Gasteiger partial charge in [0.1, 0.15) is 11.6 Å². The minimum atomic E-state index is -0.627. The molecule has 2 aromatic carbocycles. The van der Waals surface area contributed by atoms with Crippen molar-refractivity contribution in [2.24, 2.45) is 5.73 Å². The molecule has 1 amide bonds. The van der Waals surface area contributed by atoms with Crippen LogP contribution in [-0.4, -0.2) is 23.4 Å². The van der Waals surface area contributed by atoms with Crippen LogP contribution >= 0.6 is 23.4 Å². The standard InChI is InChI=1S/C20H18ClN3O4S/c21-17-14-7-6-13(24-16(25)10-12-4-2-1-3-5-12)11-15(14)18(26)28-19(17)27-8-9-29-20(22)23/h1-7,11H,8-10H2,(H3,22,23)(H,24,25). The normalized spacial score (nSPS) is 10.7. The van der Waals surface area contributed by atoms with E-state index in [4.69, 9.17) is 31.9 Å². The zero-order valence-electron chi connectivity index (χ0n) is 15.2. The molecule has 1 heterocycles. The highest BCUT2D eigenvalue weighted by atomic mass is 35.5. The Morgan fingerprint density at radius 1 is 1.21 bits per heavy atom. The molecule has 0 spiro atoms. The van der Waals surface area contributed by atoms with E-state index in [1.54, 1.807) is 12.1 Å². The molecule has 29 heavy (non-hydrogen) atoms. The van der Waals surface area contributed by atoms with Crippen LogP contribution < -0.4 is 21.4 Å². The molecule has 3 aromatic rings. The molecule has 0 unspecified atom stereocenters. The Bertz CT molecular complexity index is 1100. The summed E-state index contributed by atoms with van der Waals surface area (Å²) in [5.41, 5.74) is 5.98. The molecule has 9 heteroatoms. The molecule has 1 aromatic heterocycles. The average Bonchev–Trinajstić information content (AvgIpc) is 2.69. The molecule has 0 atom stereocenters. The van der Waals surface area contributed by atoms with Crippen molar-refractivity contribution in [3.8, 4) is 5.95 Å². The second-order valence-electron chi connectivity index (χ2n) is 6.02. The molecule has 0 aliphatic carbocycles. The molecular formula is C20H18ClN3O4S. The smallest absolute Gasteiger partial charge is 0.346 e. The van der Waals surface area contributed by atoms with E-state index < -0.39 is 5.63 Å². The third-order valence-electron chi connectivity index (χ3n) is 3.91. The van der Waals surface area contributed by atoms with Crippen LogP contribution in [0.5, 0.6) is 5.95 Å². The molecule has 0 aliphatic rings. The molecule has 0 bridgehead atoms. The SMILES string of the molecule is N=C(N)SCCOc1oc(=O)c2cc(NC(=O)Cc3ccccc3)ccc2c1Cl. The molecule has 0 saturated heterocycles. The van der Waals surface area contributed by atoms with Crippen molar-refractivity contribution in [3.63, 3.8) is 0 Å². The fraction of sp³-hybridized carbons (Fsp3) is 0.150. The van der Waals surface area contributed by atoms with Gasteiger partial charge in [-0.05, 0) is 17.7 Å². The number of nitrogens with two attached hydrogens (primary N) is 1. The molecule has 150 valence electrons. The highest BCUT2D eigenvalue weighted by molar-refractivity contribution is 8.13. The first kappa shape index (κ1) is 20.8. The van der Waals surface area contributed by atoms with Gasteiger partial charge in [0.25, 0.3) is 0 Å². The lowest BCUT2D eigenvalue weighted by Crippen LogP contribution is -2.14. The summed E-state index contributed by atoms with van der Waals surface area (Å²) < 4.78 is 10.6. The van der Waals surface area contributed by atoms with E-state index >= 15 is 0 Å². The summed E-state index contributed by atoms with van der Waals surface area (Å²) in [6, 6.07) is 14.2. The highest BCUT2D eigenvalue weighted by Crippen LogP contribution is 2.32. The van der Waals surface area contributed by atoms with E-state index in [1.165, 1.54) is 6.07 Å². The summed E-state index contributed by atoms with van der Waals surface area (Å²) in [6.07, 6.45) is 0.222. The maximum atomic E-state index is 12.3. The number of halogens is 1. The number of benzene rings is 2. The zero-order chi connectivity index (χ0) is 20.8. The Hall–Kier alpha value is -2.97. The average molecular weight is 432 g/mol. The van der Waals surface area contributed by atoms with Crippen molar-refractivity contribution >= 4 is 50.9 Å². The van der Waals surface area contributed by atoms with Gasteiger partial charge in [-0.1, -0.05) is 59.8 Å². The Morgan fingerprint density at radius 2 is 1.97 bits per heavy atom. The van der Waals surface area contributed by atoms with Gasteiger partial charge in [-0.2, -0.15) is 0 Å². The lowest BCUT2D eigenvalue weighted by molar-refractivity contribution is -0.115. The maximum Gasteiger partial charge on any atom is 0.346 e. The van der Waals surface area contributed by atoms with Gasteiger partial charge in [-0.25, -0.2) is 4.79 Å². The maximum absolute atomic E-state index is 12.3. The van der Waals surface area contributed by atoms with Crippen LogP contribution in [0.2, 0.25) is 5.02 Å². The predicted molar refractivity (Wildman–Crippen MR) is 116 cm³/mol. The molecule has 0 aliphatic heterocycles. The fourth-order valence-electron chi connectivity index (χ4n) is 2.64. The van der Waals surface area contributed by atoms with Crippen molar-refractivity contribution < 1.29 is 13.9 Å². The Kier molecular flexibility index (Phi) is 6.79. The summed E-state index contributed by atoms with van der Waals surface area (Å²) in [5, 5.41) is 10.7. The first-order chi connectivity index (χ1) is 13.9. The van der Waals surface area contributed by atoms with E-state index in [9.17, 15) is 9.59 Å². The Morgan fingerprint density at radius 3 is 2.69 bits per heavy atom. The van der Waals surface area contributed by atoms with Gasteiger partial charge in [0.15, 0.2) is 5.17 Å². The summed E-state index contributed by atoms with van der Waals surface area (Å²) in [5.74, 6) is 0.128. The third-order valence-corrected chi connectivity index (χ3v) is 4.95. The van der Waals surface area contributed by atoms with Crippen molar-refractivity contribution in [3.05, 3.63) is 69.5 Å². The number of rotatable bonds is 7. The lowest BCUT2D eigenvalue weighted by Gasteiger charge is -2.10. The van der Waals surface area contributed by atoms with E-state index in [-0.39, 0.29) is 40.5 Å². The van der Waals surface area contributed by atoms with Gasteiger partial charge in [0, 0.05) is 16.8 Å². The van der Waals surface area contributed by atoms with Crippen molar-refractivity contribution in [2.75, 3.05) is 17.7 Å². The number of thioether (sulfide) groups is 1. The van der Waals surface area contributed by atoms with Gasteiger partial charge in [-0.3, -0.25) is 10.2 Å². The minimum Gasteiger partial charge on any atom is -0.463 e. The lowest BCUT2D eigenvalue weighted by atomic mass is 10.1. The highest BCUT2D eigenvalue weighted by Gasteiger charge is 2.15. The Labute approximate surface area is 175 Å². The van der Waals surface area contributed by atoms with Gasteiger partial charge < -0.3 is 20.2 Å². The minimum absolute atomic E-state index is 0.0264. The number of amidine groups is 1. The molecule has 7 nitrogen and oxygen atoms in total. The number of carbonyl (C=O) groups excluding carboxylic acids is 1. The van der Waals surface area contributed by atoms with E-state index in [1.807, 2.05) is 30.3 Å². The van der Waals surface area contributed by atoms with E-state index in [0.29, 0.717) is 16.8 Å². The number of fused-ring (bicyclic) bond motifs is 1. The molecular weight excluding hydrogens is 414 g/mol. The third kappa shape index (κ3) is 5.52. The van der Waals surface area contributed by atoms with Crippen LogP contribution in [0.4, 0.5) is 5.69 Å². The monoisotopic (exact) mass is 431 g/mol. The first-order valence-corrected chi connectivity index (χ1v) is 10.00. The largest absolute Gasteiger partial charge is 0.463 e. The summed E-state index contributed by atoms with van der Waals surface area (Å²) in [6.45, 7) is 0.173. The number of amides is 1. The number of ether oxygens (including phenoxy) is 1. The number of hydrogen-bond donors (Lipinski definition) is 3. The van der Waals surface area contributed by atoms with Crippen molar-refractivity contribution in [1.82, 2.24) is 0 Å². The van der Waals surface area contributed by atoms with Gasteiger partial charge in [-0.15, -0.1) is 0 Å². The summed E-state index contributed by atoms with van der Waals surface area (Å²) >= 11 is 7.41. The molecule has 4 N–H and O–H groups in total. The number of nitrogens with one attached hydrogen (secondary N) is 2. The van der Waals surface area contributed by atoms with Gasteiger partial charge >= 0.3 is 11.6 Å². The van der Waals surface area contributed by atoms with Crippen LogP contribution in [0.1, 0.15) is 5.56 Å². The second kappa shape index (κ2) is 9.49. The predicted octanol–water partition coefficient (Wildman–Crippen LogP) is 3.63. The topological polar surface area (TPSA) is 118 Å².